The maximum atomic E-state index is 4.14. The molecule has 2 rings (SSSR count). The molecule has 2 aromatic heterocycles. The molecule has 0 saturated carbocycles. The number of aryl methyl sites for hydroxylation is 1. The topological polar surface area (TPSA) is 28.7 Å². The Bertz CT molecular complexity index is 353. The first kappa shape index (κ1) is 8.01. The van der Waals surface area contributed by atoms with E-state index in [2.05, 4.69) is 32.0 Å². The van der Waals surface area contributed by atoms with Gasteiger partial charge in [-0.2, -0.15) is 0 Å². The number of imidazole rings is 1. The van der Waals surface area contributed by atoms with Crippen LogP contribution in [0.4, 0.5) is 0 Å². The molecule has 12 heavy (non-hydrogen) atoms. The highest BCUT2D eigenvalue weighted by Crippen LogP contribution is 2.29. The average molecular weight is 243 g/mol. The van der Waals surface area contributed by atoms with Crippen LogP contribution in [0.2, 0.25) is 0 Å². The van der Waals surface area contributed by atoms with Gasteiger partial charge >= 0.3 is 0 Å². The summed E-state index contributed by atoms with van der Waals surface area (Å²) in [7, 11) is 0. The molecule has 2 aromatic rings. The van der Waals surface area contributed by atoms with E-state index in [0.29, 0.717) is 0 Å². The van der Waals surface area contributed by atoms with Crippen molar-refractivity contribution in [2.75, 3.05) is 0 Å². The van der Waals surface area contributed by atoms with Crippen molar-refractivity contribution in [3.63, 3.8) is 0 Å². The van der Waals surface area contributed by atoms with Crippen LogP contribution in [0.25, 0.3) is 10.6 Å². The van der Waals surface area contributed by atoms with E-state index in [9.17, 15) is 0 Å². The summed E-state index contributed by atoms with van der Waals surface area (Å²) in [6, 6.07) is 4.11. The number of halogens is 1. The SMILES string of the molecule is Cc1ncc(-c2ccc(Br)s2)[nH]1. The van der Waals surface area contributed by atoms with Gasteiger partial charge in [-0.05, 0) is 35.0 Å². The fraction of sp³-hybridized carbons (Fsp3) is 0.125. The van der Waals surface area contributed by atoms with E-state index in [4.69, 9.17) is 0 Å². The maximum Gasteiger partial charge on any atom is 0.103 e. The zero-order valence-electron chi connectivity index (χ0n) is 6.47. The Labute approximate surface area is 82.8 Å². The predicted molar refractivity (Wildman–Crippen MR) is 54.3 cm³/mol. The number of hydrogen-bond donors (Lipinski definition) is 1. The molecule has 0 unspecified atom stereocenters. The molecule has 0 saturated heterocycles. The molecule has 0 aliphatic carbocycles. The Morgan fingerprint density at radius 3 is 2.83 bits per heavy atom. The highest BCUT2D eigenvalue weighted by Gasteiger charge is 2.02. The zero-order valence-corrected chi connectivity index (χ0v) is 8.87. The van der Waals surface area contributed by atoms with Gasteiger partial charge < -0.3 is 4.98 Å². The minimum atomic E-state index is 0.953. The normalized spacial score (nSPS) is 10.5. The molecule has 2 heterocycles. The summed E-state index contributed by atoms with van der Waals surface area (Å²) < 4.78 is 1.14. The lowest BCUT2D eigenvalue weighted by atomic mass is 10.4. The van der Waals surface area contributed by atoms with Crippen molar-refractivity contribution in [3.8, 4) is 10.6 Å². The summed E-state index contributed by atoms with van der Waals surface area (Å²) in [6.45, 7) is 1.95. The maximum absolute atomic E-state index is 4.14. The molecule has 0 aromatic carbocycles. The molecule has 1 N–H and O–H groups in total. The molecule has 0 fully saturated rings. The second kappa shape index (κ2) is 3.03. The van der Waals surface area contributed by atoms with Crippen molar-refractivity contribution < 1.29 is 0 Å². The van der Waals surface area contributed by atoms with E-state index in [0.717, 1.165) is 15.3 Å². The summed E-state index contributed by atoms with van der Waals surface area (Å²) in [5, 5.41) is 0. The molecular formula is C8H7BrN2S. The van der Waals surface area contributed by atoms with Crippen molar-refractivity contribution in [1.29, 1.82) is 0 Å². The van der Waals surface area contributed by atoms with Crippen LogP contribution in [-0.4, -0.2) is 9.97 Å². The molecule has 0 spiro atoms. The lowest BCUT2D eigenvalue weighted by molar-refractivity contribution is 1.15. The smallest absolute Gasteiger partial charge is 0.103 e. The Morgan fingerprint density at radius 1 is 1.50 bits per heavy atom. The van der Waals surface area contributed by atoms with Gasteiger partial charge in [0.15, 0.2) is 0 Å². The van der Waals surface area contributed by atoms with E-state index in [1.54, 1.807) is 11.3 Å². The molecule has 0 amide bonds. The molecule has 62 valence electrons. The molecule has 0 atom stereocenters. The zero-order chi connectivity index (χ0) is 8.55. The third-order valence-electron chi connectivity index (χ3n) is 1.54. The van der Waals surface area contributed by atoms with E-state index < -0.39 is 0 Å². The average Bonchev–Trinajstić information content (AvgIpc) is 2.58. The Kier molecular flexibility index (Phi) is 2.02. The monoisotopic (exact) mass is 242 g/mol. The molecule has 2 nitrogen and oxygen atoms in total. The van der Waals surface area contributed by atoms with Crippen LogP contribution >= 0.6 is 27.3 Å². The van der Waals surface area contributed by atoms with Crippen molar-refractivity contribution in [3.05, 3.63) is 27.9 Å². The molecule has 0 bridgehead atoms. The fourth-order valence-corrected chi connectivity index (χ4v) is 2.36. The van der Waals surface area contributed by atoms with Crippen LogP contribution in [-0.2, 0) is 0 Å². The van der Waals surface area contributed by atoms with E-state index in [1.807, 2.05) is 19.2 Å². The Hall–Kier alpha value is -0.610. The number of nitrogens with zero attached hydrogens (tertiary/aromatic N) is 1. The van der Waals surface area contributed by atoms with Crippen molar-refractivity contribution >= 4 is 27.3 Å². The number of rotatable bonds is 1. The number of aromatic nitrogens is 2. The van der Waals surface area contributed by atoms with Gasteiger partial charge in [-0.1, -0.05) is 0 Å². The Balaban J connectivity index is 2.43. The number of H-pyrrole nitrogens is 1. The minimum absolute atomic E-state index is 0.953. The largest absolute Gasteiger partial charge is 0.342 e. The molecule has 0 aliphatic heterocycles. The number of aromatic amines is 1. The van der Waals surface area contributed by atoms with Gasteiger partial charge in [0.1, 0.15) is 5.82 Å². The second-order valence-corrected chi connectivity index (χ2v) is 4.95. The standard InChI is InChI=1S/C8H7BrN2S/c1-5-10-4-6(11-5)7-2-3-8(9)12-7/h2-4H,1H3,(H,10,11). The highest BCUT2D eigenvalue weighted by atomic mass is 79.9. The van der Waals surface area contributed by atoms with Crippen molar-refractivity contribution in [1.82, 2.24) is 9.97 Å². The first-order chi connectivity index (χ1) is 5.75. The van der Waals surface area contributed by atoms with E-state index >= 15 is 0 Å². The summed E-state index contributed by atoms with van der Waals surface area (Å²) in [5.74, 6) is 0.953. The van der Waals surface area contributed by atoms with Crippen molar-refractivity contribution in [2.45, 2.75) is 6.92 Å². The van der Waals surface area contributed by atoms with Crippen LogP contribution in [0.5, 0.6) is 0 Å². The summed E-state index contributed by atoms with van der Waals surface area (Å²) in [4.78, 5) is 8.53. The first-order valence-electron chi connectivity index (χ1n) is 3.53. The third kappa shape index (κ3) is 1.44. The lowest BCUT2D eigenvalue weighted by Gasteiger charge is -1.87. The minimum Gasteiger partial charge on any atom is -0.342 e. The highest BCUT2D eigenvalue weighted by molar-refractivity contribution is 9.11. The lowest BCUT2D eigenvalue weighted by Crippen LogP contribution is -1.71. The predicted octanol–water partition coefficient (Wildman–Crippen LogP) is 3.21. The van der Waals surface area contributed by atoms with Gasteiger partial charge in [0.2, 0.25) is 0 Å². The van der Waals surface area contributed by atoms with Crippen LogP contribution in [0, 0.1) is 6.92 Å². The molecular weight excluding hydrogens is 236 g/mol. The van der Waals surface area contributed by atoms with Crippen LogP contribution in [0.15, 0.2) is 22.1 Å². The van der Waals surface area contributed by atoms with E-state index in [1.165, 1.54) is 4.88 Å². The molecule has 0 radical (unpaired) electrons. The fourth-order valence-electron chi connectivity index (χ4n) is 1.01. The van der Waals surface area contributed by atoms with Gasteiger partial charge in [-0.15, -0.1) is 11.3 Å². The summed E-state index contributed by atoms with van der Waals surface area (Å²) >= 11 is 5.12. The molecule has 0 aliphatic rings. The number of hydrogen-bond acceptors (Lipinski definition) is 2. The van der Waals surface area contributed by atoms with Gasteiger partial charge in [0.25, 0.3) is 0 Å². The van der Waals surface area contributed by atoms with Gasteiger partial charge in [-0.25, -0.2) is 4.98 Å². The van der Waals surface area contributed by atoms with Crippen molar-refractivity contribution in [2.24, 2.45) is 0 Å². The van der Waals surface area contributed by atoms with Gasteiger partial charge in [-0.3, -0.25) is 0 Å². The van der Waals surface area contributed by atoms with Crippen LogP contribution in [0.1, 0.15) is 5.82 Å². The Morgan fingerprint density at radius 2 is 2.33 bits per heavy atom. The number of nitrogens with one attached hydrogen (secondary N) is 1. The summed E-state index contributed by atoms with van der Waals surface area (Å²) in [6.07, 6.45) is 1.85. The third-order valence-corrected chi connectivity index (χ3v) is 3.20. The first-order valence-corrected chi connectivity index (χ1v) is 5.14. The van der Waals surface area contributed by atoms with E-state index in [-0.39, 0.29) is 0 Å². The van der Waals surface area contributed by atoms with Gasteiger partial charge in [0, 0.05) is 0 Å². The van der Waals surface area contributed by atoms with Crippen LogP contribution in [0.3, 0.4) is 0 Å². The summed E-state index contributed by atoms with van der Waals surface area (Å²) in [5.41, 5.74) is 1.09. The van der Waals surface area contributed by atoms with Gasteiger partial charge in [0.05, 0.1) is 20.6 Å². The quantitative estimate of drug-likeness (QED) is 0.818. The van der Waals surface area contributed by atoms with Crippen LogP contribution < -0.4 is 0 Å². The number of thiophene rings is 1. The molecule has 4 heteroatoms. The second-order valence-electron chi connectivity index (χ2n) is 2.49.